The Balaban J connectivity index is 2.14. The predicted octanol–water partition coefficient (Wildman–Crippen LogP) is 5.16. The predicted molar refractivity (Wildman–Crippen MR) is 124 cm³/mol. The molecule has 32 heavy (non-hydrogen) atoms. The van der Waals surface area contributed by atoms with Gasteiger partial charge in [0.15, 0.2) is 0 Å². The van der Waals surface area contributed by atoms with Crippen molar-refractivity contribution in [3.05, 3.63) is 68.7 Å². The van der Waals surface area contributed by atoms with Gasteiger partial charge in [-0.3, -0.25) is 9.59 Å². The highest BCUT2D eigenvalue weighted by Crippen LogP contribution is 2.41. The van der Waals surface area contributed by atoms with Crippen LogP contribution in [0.15, 0.2) is 42.0 Å². The molecule has 0 aromatic heterocycles. The van der Waals surface area contributed by atoms with Gasteiger partial charge in [0.2, 0.25) is 0 Å². The number of hydrogen-bond donors (Lipinski definition) is 1. The molecule has 1 saturated heterocycles. The molecule has 2 aromatic carbocycles. The molecule has 0 aliphatic carbocycles. The molecule has 0 radical (unpaired) electrons. The van der Waals surface area contributed by atoms with Crippen molar-refractivity contribution >= 4 is 40.7 Å². The van der Waals surface area contributed by atoms with E-state index in [0.29, 0.717) is 21.9 Å². The van der Waals surface area contributed by atoms with Gasteiger partial charge in [0.25, 0.3) is 11.7 Å². The number of ether oxygens (including phenoxy) is 2. The minimum atomic E-state index is -0.827. The van der Waals surface area contributed by atoms with Crippen LogP contribution >= 0.6 is 23.2 Å². The first-order valence-corrected chi connectivity index (χ1v) is 10.9. The molecule has 3 rings (SSSR count). The molecular formula is C24H25Cl2NO5. The summed E-state index contributed by atoms with van der Waals surface area (Å²) in [6, 6.07) is 9.17. The number of Topliss-reactive ketones (excluding diaryl/α,β-unsaturated/α-hetero) is 1. The number of aliphatic hydroxyl groups excluding tert-OH is 1. The summed E-state index contributed by atoms with van der Waals surface area (Å²) < 4.78 is 10.9. The molecule has 170 valence electrons. The van der Waals surface area contributed by atoms with Gasteiger partial charge in [0, 0.05) is 19.2 Å². The van der Waals surface area contributed by atoms with E-state index >= 15 is 0 Å². The van der Waals surface area contributed by atoms with Crippen molar-refractivity contribution in [1.29, 1.82) is 0 Å². The smallest absolute Gasteiger partial charge is 0.295 e. The Morgan fingerprint density at radius 2 is 1.84 bits per heavy atom. The summed E-state index contributed by atoms with van der Waals surface area (Å²) in [4.78, 5) is 27.2. The lowest BCUT2D eigenvalue weighted by molar-refractivity contribution is -0.140. The zero-order chi connectivity index (χ0) is 23.6. The van der Waals surface area contributed by atoms with Crippen LogP contribution in [-0.2, 0) is 14.3 Å². The molecule has 1 aliphatic heterocycles. The van der Waals surface area contributed by atoms with Gasteiger partial charge in [-0.25, -0.2) is 0 Å². The lowest BCUT2D eigenvalue weighted by Gasteiger charge is -2.25. The molecule has 1 atom stereocenters. The van der Waals surface area contributed by atoms with E-state index < -0.39 is 17.7 Å². The number of methoxy groups -OCH3 is 1. The molecule has 2 aromatic rings. The summed E-state index contributed by atoms with van der Waals surface area (Å²) in [6.07, 6.45) is -0.00564. The third-order valence-corrected chi connectivity index (χ3v) is 5.89. The van der Waals surface area contributed by atoms with E-state index in [1.165, 1.54) is 12.0 Å². The Morgan fingerprint density at radius 1 is 1.12 bits per heavy atom. The summed E-state index contributed by atoms with van der Waals surface area (Å²) in [5, 5.41) is 11.8. The van der Waals surface area contributed by atoms with Gasteiger partial charge in [-0.2, -0.15) is 0 Å². The van der Waals surface area contributed by atoms with Gasteiger partial charge in [-0.1, -0.05) is 29.3 Å². The van der Waals surface area contributed by atoms with Crippen molar-refractivity contribution in [2.24, 2.45) is 0 Å². The number of hydrogen-bond acceptors (Lipinski definition) is 5. The van der Waals surface area contributed by atoms with Crippen LogP contribution in [0, 0.1) is 6.92 Å². The average molecular weight is 478 g/mol. The summed E-state index contributed by atoms with van der Waals surface area (Å²) in [7, 11) is 1.51. The number of amides is 1. The van der Waals surface area contributed by atoms with Gasteiger partial charge < -0.3 is 19.5 Å². The number of rotatable bonds is 7. The van der Waals surface area contributed by atoms with Gasteiger partial charge in [0.1, 0.15) is 11.5 Å². The first-order chi connectivity index (χ1) is 15.1. The van der Waals surface area contributed by atoms with E-state index in [1.807, 2.05) is 20.8 Å². The summed E-state index contributed by atoms with van der Waals surface area (Å²) >= 11 is 12.3. The zero-order valence-electron chi connectivity index (χ0n) is 18.3. The Hall–Kier alpha value is -2.54. The number of carbonyl (C=O) groups excluding carboxylic acids is 2. The topological polar surface area (TPSA) is 76.1 Å². The van der Waals surface area contributed by atoms with Crippen LogP contribution in [0.3, 0.4) is 0 Å². The lowest BCUT2D eigenvalue weighted by atomic mass is 9.95. The average Bonchev–Trinajstić information content (AvgIpc) is 2.99. The molecular weight excluding hydrogens is 453 g/mol. The first kappa shape index (κ1) is 24.1. The molecule has 1 heterocycles. The quantitative estimate of drug-likeness (QED) is 0.338. The standard InChI is InChI=1S/C24H25Cl2NO5/c1-13(2)32-19-8-6-16(11-14(19)3)22(28)20-21(15-5-7-17(25)18(26)12-15)27(9-10-31-4)24(30)23(20)29/h5-8,11-13,21,28H,9-10H2,1-4H3/b22-20-. The largest absolute Gasteiger partial charge is 0.507 e. The highest BCUT2D eigenvalue weighted by Gasteiger charge is 2.46. The zero-order valence-corrected chi connectivity index (χ0v) is 19.8. The van der Waals surface area contributed by atoms with Crippen molar-refractivity contribution < 1.29 is 24.2 Å². The summed E-state index contributed by atoms with van der Waals surface area (Å²) in [6.45, 7) is 6.09. The van der Waals surface area contributed by atoms with Crippen LogP contribution in [0.25, 0.3) is 5.76 Å². The van der Waals surface area contributed by atoms with E-state index in [1.54, 1.807) is 36.4 Å². The molecule has 1 unspecified atom stereocenters. The van der Waals surface area contributed by atoms with E-state index in [0.717, 1.165) is 5.56 Å². The summed E-state index contributed by atoms with van der Waals surface area (Å²) in [5.74, 6) is -1.07. The van der Waals surface area contributed by atoms with E-state index in [9.17, 15) is 14.7 Å². The fourth-order valence-corrected chi connectivity index (χ4v) is 3.97. The van der Waals surface area contributed by atoms with Gasteiger partial charge in [-0.15, -0.1) is 0 Å². The summed E-state index contributed by atoms with van der Waals surface area (Å²) in [5.41, 5.74) is 1.75. The number of likely N-dealkylation sites (tertiary alicyclic amines) is 1. The maximum Gasteiger partial charge on any atom is 0.295 e. The highest BCUT2D eigenvalue weighted by molar-refractivity contribution is 6.46. The van der Waals surface area contributed by atoms with Gasteiger partial charge in [0.05, 0.1) is 34.4 Å². The maximum atomic E-state index is 13.0. The van der Waals surface area contributed by atoms with Crippen LogP contribution in [0.4, 0.5) is 0 Å². The van der Waals surface area contributed by atoms with Crippen LogP contribution < -0.4 is 4.74 Å². The highest BCUT2D eigenvalue weighted by atomic mass is 35.5. The third-order valence-electron chi connectivity index (χ3n) is 5.15. The Morgan fingerprint density at radius 3 is 2.44 bits per heavy atom. The molecule has 1 N–H and O–H groups in total. The minimum Gasteiger partial charge on any atom is -0.507 e. The molecule has 0 spiro atoms. The number of carbonyl (C=O) groups is 2. The number of aliphatic hydroxyl groups is 1. The Bertz CT molecular complexity index is 1080. The Kier molecular flexibility index (Phi) is 7.49. The number of halogens is 2. The SMILES string of the molecule is COCCN1C(=O)C(=O)/C(=C(\O)c2ccc(OC(C)C)c(C)c2)C1c1ccc(Cl)c(Cl)c1. The molecule has 1 amide bonds. The minimum absolute atomic E-state index is 0.00564. The van der Waals surface area contributed by atoms with Gasteiger partial charge >= 0.3 is 0 Å². The van der Waals surface area contributed by atoms with Crippen LogP contribution in [-0.4, -0.2) is 48.1 Å². The number of ketones is 1. The fourth-order valence-electron chi connectivity index (χ4n) is 3.67. The van der Waals surface area contributed by atoms with E-state index in [2.05, 4.69) is 0 Å². The van der Waals surface area contributed by atoms with Crippen molar-refractivity contribution in [3.63, 3.8) is 0 Å². The number of aryl methyl sites for hydroxylation is 1. The monoisotopic (exact) mass is 477 g/mol. The van der Waals surface area contributed by atoms with E-state index in [-0.39, 0.29) is 35.6 Å². The second-order valence-corrected chi connectivity index (χ2v) is 8.62. The van der Waals surface area contributed by atoms with Crippen LogP contribution in [0.5, 0.6) is 5.75 Å². The second-order valence-electron chi connectivity index (χ2n) is 7.81. The third kappa shape index (κ3) is 4.77. The molecule has 1 fully saturated rings. The van der Waals surface area contributed by atoms with E-state index in [4.69, 9.17) is 32.7 Å². The Labute approximate surface area is 197 Å². The normalized spacial score (nSPS) is 18.0. The molecule has 1 aliphatic rings. The molecule has 6 nitrogen and oxygen atoms in total. The number of nitrogens with zero attached hydrogens (tertiary/aromatic N) is 1. The molecule has 0 saturated carbocycles. The van der Waals surface area contributed by atoms with Crippen molar-refractivity contribution in [1.82, 2.24) is 4.90 Å². The molecule has 8 heteroatoms. The first-order valence-electron chi connectivity index (χ1n) is 10.2. The number of benzene rings is 2. The fraction of sp³-hybridized carbons (Fsp3) is 0.333. The van der Waals surface area contributed by atoms with Crippen LogP contribution in [0.2, 0.25) is 10.0 Å². The maximum absolute atomic E-state index is 13.0. The second kappa shape index (κ2) is 9.94. The molecule has 0 bridgehead atoms. The van der Waals surface area contributed by atoms with Gasteiger partial charge in [-0.05, 0) is 62.2 Å². The lowest BCUT2D eigenvalue weighted by Crippen LogP contribution is -2.32. The van der Waals surface area contributed by atoms with Crippen molar-refractivity contribution in [3.8, 4) is 5.75 Å². The van der Waals surface area contributed by atoms with Crippen molar-refractivity contribution in [2.45, 2.75) is 32.9 Å². The van der Waals surface area contributed by atoms with Crippen LogP contribution in [0.1, 0.15) is 36.6 Å². The van der Waals surface area contributed by atoms with Crippen molar-refractivity contribution in [2.75, 3.05) is 20.3 Å².